The predicted molar refractivity (Wildman–Crippen MR) is 96.8 cm³/mol. The molecule has 4 aliphatic rings. The molecule has 0 unspecified atom stereocenters. The molecule has 6 nitrogen and oxygen atoms in total. The zero-order chi connectivity index (χ0) is 16.9. The van der Waals surface area contributed by atoms with Crippen LogP contribution in [0.2, 0.25) is 0 Å². The van der Waals surface area contributed by atoms with Crippen LogP contribution in [0.3, 0.4) is 0 Å². The van der Waals surface area contributed by atoms with Crippen molar-refractivity contribution < 1.29 is 4.79 Å². The van der Waals surface area contributed by atoms with Crippen molar-refractivity contribution in [2.45, 2.75) is 75.3 Å². The first-order valence-corrected chi connectivity index (χ1v) is 9.96. The first kappa shape index (κ1) is 15.6. The molecule has 6 heteroatoms. The molecule has 2 aliphatic heterocycles. The number of carbonyl (C=O) groups excluding carboxylic acids is 1. The molecule has 5 rings (SSSR count). The molecular formula is C19H27N5O. The van der Waals surface area contributed by atoms with E-state index in [0.717, 1.165) is 63.0 Å². The molecule has 0 atom stereocenters. The lowest BCUT2D eigenvalue weighted by Gasteiger charge is -2.31. The Morgan fingerprint density at radius 2 is 1.88 bits per heavy atom. The Balaban J connectivity index is 1.45. The van der Waals surface area contributed by atoms with E-state index in [1.165, 1.54) is 19.3 Å². The van der Waals surface area contributed by atoms with Crippen LogP contribution in [-0.4, -0.2) is 41.0 Å². The average Bonchev–Trinajstić information content (AvgIpc) is 3.41. The minimum Gasteiger partial charge on any atom is -0.351 e. The van der Waals surface area contributed by atoms with Gasteiger partial charge in [0.15, 0.2) is 0 Å². The number of hydrogen-bond donors (Lipinski definition) is 2. The molecule has 0 aromatic carbocycles. The summed E-state index contributed by atoms with van der Waals surface area (Å²) < 4.78 is 0. The number of piperidine rings is 1. The molecule has 0 radical (unpaired) electrons. The van der Waals surface area contributed by atoms with E-state index in [0.29, 0.717) is 23.9 Å². The third-order valence-electron chi connectivity index (χ3n) is 6.50. The van der Waals surface area contributed by atoms with Gasteiger partial charge in [-0.2, -0.15) is 4.98 Å². The van der Waals surface area contributed by atoms with Gasteiger partial charge in [-0.1, -0.05) is 19.3 Å². The Hall–Kier alpha value is -1.69. The maximum absolute atomic E-state index is 13.2. The number of anilines is 2. The SMILES string of the molecule is O=C1N(C2CCCCC2)c2nc(NC3CCNCC3)ncc2C12CC2. The Morgan fingerprint density at radius 3 is 2.60 bits per heavy atom. The van der Waals surface area contributed by atoms with E-state index < -0.39 is 0 Å². The summed E-state index contributed by atoms with van der Waals surface area (Å²) in [6.45, 7) is 2.08. The molecule has 2 aliphatic carbocycles. The summed E-state index contributed by atoms with van der Waals surface area (Å²) in [6.07, 6.45) is 12.0. The highest BCUT2D eigenvalue weighted by Crippen LogP contribution is 2.57. The van der Waals surface area contributed by atoms with Crippen molar-refractivity contribution in [1.29, 1.82) is 0 Å². The smallest absolute Gasteiger partial charge is 0.239 e. The van der Waals surface area contributed by atoms with E-state index in [2.05, 4.69) is 20.5 Å². The van der Waals surface area contributed by atoms with Crippen molar-refractivity contribution in [3.63, 3.8) is 0 Å². The Bertz CT molecular complexity index is 674. The zero-order valence-corrected chi connectivity index (χ0v) is 14.8. The first-order valence-electron chi connectivity index (χ1n) is 9.96. The van der Waals surface area contributed by atoms with Gasteiger partial charge >= 0.3 is 0 Å². The fourth-order valence-corrected chi connectivity index (χ4v) is 4.84. The standard InChI is InChI=1S/C19H27N5O/c25-17-19(8-9-19)15-12-21-18(22-13-6-10-20-11-7-13)23-16(15)24(17)14-4-2-1-3-5-14/h12-14,20H,1-11H2,(H,21,22,23). The normalized spacial score (nSPS) is 26.1. The van der Waals surface area contributed by atoms with Gasteiger partial charge in [-0.25, -0.2) is 4.98 Å². The molecule has 25 heavy (non-hydrogen) atoms. The maximum atomic E-state index is 13.2. The average molecular weight is 341 g/mol. The molecule has 1 amide bonds. The third-order valence-corrected chi connectivity index (χ3v) is 6.50. The maximum Gasteiger partial charge on any atom is 0.239 e. The van der Waals surface area contributed by atoms with E-state index in [-0.39, 0.29) is 5.41 Å². The number of nitrogens with zero attached hydrogens (tertiary/aromatic N) is 3. The molecule has 3 fully saturated rings. The van der Waals surface area contributed by atoms with Crippen LogP contribution >= 0.6 is 0 Å². The number of carbonyl (C=O) groups is 1. The minimum atomic E-state index is -0.278. The molecular weight excluding hydrogens is 314 g/mol. The second kappa shape index (κ2) is 5.94. The van der Waals surface area contributed by atoms with Crippen LogP contribution in [0.1, 0.15) is 63.4 Å². The van der Waals surface area contributed by atoms with Gasteiger partial charge in [0.25, 0.3) is 0 Å². The lowest BCUT2D eigenvalue weighted by atomic mass is 9.94. The minimum absolute atomic E-state index is 0.278. The number of amides is 1. The van der Waals surface area contributed by atoms with Crippen molar-refractivity contribution in [3.05, 3.63) is 11.8 Å². The van der Waals surface area contributed by atoms with Crippen LogP contribution in [0.4, 0.5) is 11.8 Å². The number of rotatable bonds is 3. The molecule has 3 heterocycles. The van der Waals surface area contributed by atoms with Crippen molar-refractivity contribution >= 4 is 17.7 Å². The highest BCUT2D eigenvalue weighted by atomic mass is 16.2. The molecule has 2 N–H and O–H groups in total. The van der Waals surface area contributed by atoms with Crippen LogP contribution < -0.4 is 15.5 Å². The van der Waals surface area contributed by atoms with E-state index in [1.807, 2.05) is 6.20 Å². The van der Waals surface area contributed by atoms with Gasteiger partial charge in [-0.3, -0.25) is 9.69 Å². The summed E-state index contributed by atoms with van der Waals surface area (Å²) in [7, 11) is 0. The lowest BCUT2D eigenvalue weighted by Crippen LogP contribution is -2.42. The first-order chi connectivity index (χ1) is 12.3. The largest absolute Gasteiger partial charge is 0.351 e. The summed E-state index contributed by atoms with van der Waals surface area (Å²) in [5.74, 6) is 1.89. The summed E-state index contributed by atoms with van der Waals surface area (Å²) in [5, 5.41) is 6.88. The second-order valence-corrected chi connectivity index (χ2v) is 8.15. The zero-order valence-electron chi connectivity index (χ0n) is 14.8. The highest BCUT2D eigenvalue weighted by Gasteiger charge is 2.61. The topological polar surface area (TPSA) is 70.2 Å². The summed E-state index contributed by atoms with van der Waals surface area (Å²) in [6, 6.07) is 0.760. The Morgan fingerprint density at radius 1 is 1.12 bits per heavy atom. The van der Waals surface area contributed by atoms with Gasteiger partial charge in [0, 0.05) is 23.8 Å². The molecule has 1 saturated heterocycles. The van der Waals surface area contributed by atoms with Crippen LogP contribution in [0.15, 0.2) is 6.20 Å². The van der Waals surface area contributed by atoms with Gasteiger partial charge in [0.1, 0.15) is 5.82 Å². The quantitative estimate of drug-likeness (QED) is 0.883. The summed E-state index contributed by atoms with van der Waals surface area (Å²) in [4.78, 5) is 24.7. The van der Waals surface area contributed by atoms with Crippen molar-refractivity contribution in [2.24, 2.45) is 0 Å². The fourth-order valence-electron chi connectivity index (χ4n) is 4.84. The van der Waals surface area contributed by atoms with E-state index in [4.69, 9.17) is 4.98 Å². The molecule has 0 bridgehead atoms. The molecule has 1 aromatic heterocycles. The van der Waals surface area contributed by atoms with Crippen molar-refractivity contribution in [2.75, 3.05) is 23.3 Å². The van der Waals surface area contributed by atoms with Gasteiger partial charge < -0.3 is 10.6 Å². The summed E-state index contributed by atoms with van der Waals surface area (Å²) in [5.41, 5.74) is 0.805. The molecule has 1 spiro atoms. The number of fused-ring (bicyclic) bond motifs is 2. The molecule has 2 saturated carbocycles. The van der Waals surface area contributed by atoms with E-state index in [1.54, 1.807) is 0 Å². The van der Waals surface area contributed by atoms with Crippen molar-refractivity contribution in [1.82, 2.24) is 15.3 Å². The number of nitrogens with one attached hydrogen (secondary N) is 2. The summed E-state index contributed by atoms with van der Waals surface area (Å²) >= 11 is 0. The Labute approximate surface area is 148 Å². The monoisotopic (exact) mass is 341 g/mol. The van der Waals surface area contributed by atoms with Gasteiger partial charge in [-0.15, -0.1) is 0 Å². The Kier molecular flexibility index (Phi) is 3.69. The van der Waals surface area contributed by atoms with Gasteiger partial charge in [-0.05, 0) is 51.6 Å². The lowest BCUT2D eigenvalue weighted by molar-refractivity contribution is -0.120. The third kappa shape index (κ3) is 2.53. The van der Waals surface area contributed by atoms with Gasteiger partial charge in [0.2, 0.25) is 11.9 Å². The van der Waals surface area contributed by atoms with Crippen LogP contribution in [-0.2, 0) is 10.2 Å². The van der Waals surface area contributed by atoms with E-state index >= 15 is 0 Å². The van der Waals surface area contributed by atoms with Crippen LogP contribution in [0.5, 0.6) is 0 Å². The van der Waals surface area contributed by atoms with E-state index in [9.17, 15) is 4.79 Å². The second-order valence-electron chi connectivity index (χ2n) is 8.15. The van der Waals surface area contributed by atoms with Gasteiger partial charge in [0.05, 0.1) is 5.41 Å². The highest BCUT2D eigenvalue weighted by molar-refractivity contribution is 6.09. The fraction of sp³-hybridized carbons (Fsp3) is 0.737. The number of aromatic nitrogens is 2. The number of hydrogen-bond acceptors (Lipinski definition) is 5. The van der Waals surface area contributed by atoms with Crippen molar-refractivity contribution in [3.8, 4) is 0 Å². The predicted octanol–water partition coefficient (Wildman–Crippen LogP) is 2.35. The molecule has 134 valence electrons. The van der Waals surface area contributed by atoms with Crippen LogP contribution in [0, 0.1) is 0 Å². The molecule has 1 aromatic rings. The van der Waals surface area contributed by atoms with Crippen LogP contribution in [0.25, 0.3) is 0 Å².